The van der Waals surface area contributed by atoms with Crippen molar-refractivity contribution < 1.29 is 13.7 Å². The van der Waals surface area contributed by atoms with Crippen molar-refractivity contribution in [3.05, 3.63) is 34.9 Å². The summed E-state index contributed by atoms with van der Waals surface area (Å²) in [6.07, 6.45) is 0.0495. The molecule has 2 N–H and O–H groups in total. The zero-order valence-electron chi connectivity index (χ0n) is 11.1. The van der Waals surface area contributed by atoms with Crippen molar-refractivity contribution in [2.45, 2.75) is 26.0 Å². The molecule has 0 fully saturated rings. The van der Waals surface area contributed by atoms with Gasteiger partial charge in [-0.25, -0.2) is 4.39 Å². The smallest absolute Gasteiger partial charge is 0.262 e. The predicted molar refractivity (Wildman–Crippen MR) is 72.7 cm³/mol. The molecule has 1 aromatic heterocycles. The van der Waals surface area contributed by atoms with Gasteiger partial charge in [0.15, 0.2) is 5.82 Å². The van der Waals surface area contributed by atoms with E-state index in [4.69, 9.17) is 26.6 Å². The van der Waals surface area contributed by atoms with Crippen LogP contribution in [-0.2, 0) is 4.74 Å². The average Bonchev–Trinajstić information content (AvgIpc) is 2.85. The van der Waals surface area contributed by atoms with Crippen LogP contribution >= 0.6 is 11.6 Å². The van der Waals surface area contributed by atoms with Gasteiger partial charge in [0.05, 0.1) is 29.3 Å². The van der Waals surface area contributed by atoms with Crippen LogP contribution in [0.25, 0.3) is 11.5 Å². The van der Waals surface area contributed by atoms with E-state index in [1.807, 2.05) is 13.8 Å². The van der Waals surface area contributed by atoms with Crippen LogP contribution in [0.5, 0.6) is 0 Å². The summed E-state index contributed by atoms with van der Waals surface area (Å²) in [5.74, 6) is -0.275. The number of halogens is 2. The maximum Gasteiger partial charge on any atom is 0.262 e. The molecule has 1 heterocycles. The van der Waals surface area contributed by atoms with Gasteiger partial charge in [-0.1, -0.05) is 22.8 Å². The molecule has 0 aliphatic carbocycles. The lowest BCUT2D eigenvalue weighted by Crippen LogP contribution is -2.20. The van der Waals surface area contributed by atoms with Gasteiger partial charge in [0.2, 0.25) is 0 Å². The van der Waals surface area contributed by atoms with Gasteiger partial charge < -0.3 is 15.0 Å². The van der Waals surface area contributed by atoms with Gasteiger partial charge in [-0.3, -0.25) is 0 Å². The molecule has 1 atom stereocenters. The highest BCUT2D eigenvalue weighted by molar-refractivity contribution is 6.33. The van der Waals surface area contributed by atoms with Crippen LogP contribution < -0.4 is 5.73 Å². The Hall–Kier alpha value is -1.50. The average molecular weight is 300 g/mol. The summed E-state index contributed by atoms with van der Waals surface area (Å²) in [4.78, 5) is 4.07. The number of hydrogen-bond donors (Lipinski definition) is 1. The highest BCUT2D eigenvalue weighted by atomic mass is 35.5. The Kier molecular flexibility index (Phi) is 4.69. The minimum absolute atomic E-state index is 0.00287. The maximum absolute atomic E-state index is 13.7. The first-order valence-electron chi connectivity index (χ1n) is 6.14. The molecule has 2 aromatic rings. The van der Waals surface area contributed by atoms with Crippen LogP contribution in [0.2, 0.25) is 5.02 Å². The molecule has 0 saturated heterocycles. The molecule has 0 radical (unpaired) electrons. The van der Waals surface area contributed by atoms with Crippen molar-refractivity contribution in [1.82, 2.24) is 10.1 Å². The lowest BCUT2D eigenvalue weighted by molar-refractivity contribution is 0.0665. The fraction of sp³-hybridized carbons (Fsp3) is 0.385. The molecule has 20 heavy (non-hydrogen) atoms. The summed E-state index contributed by atoms with van der Waals surface area (Å²) in [5, 5.41) is 3.94. The van der Waals surface area contributed by atoms with Crippen molar-refractivity contribution in [3.8, 4) is 11.5 Å². The van der Waals surface area contributed by atoms with Gasteiger partial charge >= 0.3 is 0 Å². The summed E-state index contributed by atoms with van der Waals surface area (Å²) in [7, 11) is 0. The van der Waals surface area contributed by atoms with Crippen LogP contribution in [-0.4, -0.2) is 22.9 Å². The van der Waals surface area contributed by atoms with Crippen molar-refractivity contribution in [2.24, 2.45) is 5.73 Å². The Labute approximate surface area is 120 Å². The van der Waals surface area contributed by atoms with Crippen molar-refractivity contribution in [3.63, 3.8) is 0 Å². The van der Waals surface area contributed by atoms with E-state index >= 15 is 0 Å². The molecule has 1 unspecified atom stereocenters. The van der Waals surface area contributed by atoms with Gasteiger partial charge in [0.25, 0.3) is 5.89 Å². The lowest BCUT2D eigenvalue weighted by Gasteiger charge is -2.10. The van der Waals surface area contributed by atoms with Crippen molar-refractivity contribution in [1.29, 1.82) is 0 Å². The standard InChI is InChI=1S/C13H15ClFN3O2/c1-7(2)19-6-10(16)12-17-13(20-18-12)11-8(14)4-3-5-9(11)15/h3-5,7,10H,6,16H2,1-2H3. The van der Waals surface area contributed by atoms with E-state index in [1.165, 1.54) is 12.1 Å². The van der Waals surface area contributed by atoms with E-state index in [1.54, 1.807) is 6.07 Å². The Morgan fingerprint density at radius 2 is 2.20 bits per heavy atom. The van der Waals surface area contributed by atoms with Gasteiger partial charge in [-0.2, -0.15) is 4.98 Å². The second-order valence-electron chi connectivity index (χ2n) is 4.54. The van der Waals surface area contributed by atoms with E-state index in [2.05, 4.69) is 10.1 Å². The molecular formula is C13H15ClFN3O2. The first kappa shape index (κ1) is 14.9. The summed E-state index contributed by atoms with van der Waals surface area (Å²) in [5.41, 5.74) is 5.95. The Bertz CT molecular complexity index is 568. The lowest BCUT2D eigenvalue weighted by atomic mass is 10.2. The third kappa shape index (κ3) is 3.33. The Balaban J connectivity index is 2.20. The number of nitrogens with zero attached hydrogens (tertiary/aromatic N) is 2. The summed E-state index contributed by atoms with van der Waals surface area (Å²) in [6, 6.07) is 3.78. The number of aromatic nitrogens is 2. The van der Waals surface area contributed by atoms with Crippen LogP contribution in [0.15, 0.2) is 22.7 Å². The Morgan fingerprint density at radius 1 is 1.45 bits per heavy atom. The second kappa shape index (κ2) is 6.30. The van der Waals surface area contributed by atoms with E-state index < -0.39 is 11.9 Å². The molecule has 0 bridgehead atoms. The third-order valence-electron chi connectivity index (χ3n) is 2.56. The SMILES string of the molecule is CC(C)OCC(N)c1noc(-c2c(F)cccc2Cl)n1. The number of ether oxygens (including phenoxy) is 1. The van der Waals surface area contributed by atoms with Gasteiger partial charge in [0, 0.05) is 0 Å². The van der Waals surface area contributed by atoms with Crippen molar-refractivity contribution >= 4 is 11.6 Å². The fourth-order valence-electron chi connectivity index (χ4n) is 1.56. The molecule has 7 heteroatoms. The molecule has 0 amide bonds. The molecule has 108 valence electrons. The molecule has 0 spiro atoms. The van der Waals surface area contributed by atoms with E-state index in [0.717, 1.165) is 0 Å². The van der Waals surface area contributed by atoms with Gasteiger partial charge in [-0.05, 0) is 26.0 Å². The molecule has 0 aliphatic heterocycles. The quantitative estimate of drug-likeness (QED) is 0.918. The van der Waals surface area contributed by atoms with E-state index in [0.29, 0.717) is 0 Å². The molecule has 2 rings (SSSR count). The number of benzene rings is 1. The summed E-state index contributed by atoms with van der Waals surface area (Å²) in [6.45, 7) is 4.04. The fourth-order valence-corrected chi connectivity index (χ4v) is 1.80. The van der Waals surface area contributed by atoms with E-state index in [9.17, 15) is 4.39 Å². The maximum atomic E-state index is 13.7. The zero-order chi connectivity index (χ0) is 14.7. The number of hydrogen-bond acceptors (Lipinski definition) is 5. The summed E-state index contributed by atoms with van der Waals surface area (Å²) >= 11 is 5.93. The van der Waals surface area contributed by atoms with Gasteiger partial charge in [-0.15, -0.1) is 0 Å². The first-order chi connectivity index (χ1) is 9.49. The van der Waals surface area contributed by atoms with E-state index in [-0.39, 0.29) is 35.0 Å². The highest BCUT2D eigenvalue weighted by Crippen LogP contribution is 2.29. The monoisotopic (exact) mass is 299 g/mol. The second-order valence-corrected chi connectivity index (χ2v) is 4.95. The number of nitrogens with two attached hydrogens (primary N) is 1. The van der Waals surface area contributed by atoms with Crippen LogP contribution in [0, 0.1) is 5.82 Å². The molecule has 1 aromatic carbocycles. The topological polar surface area (TPSA) is 74.2 Å². The zero-order valence-corrected chi connectivity index (χ0v) is 11.9. The molecular weight excluding hydrogens is 285 g/mol. The van der Waals surface area contributed by atoms with Crippen LogP contribution in [0.1, 0.15) is 25.7 Å². The van der Waals surface area contributed by atoms with Crippen LogP contribution in [0.4, 0.5) is 4.39 Å². The predicted octanol–water partition coefficient (Wildman–Crippen LogP) is 2.95. The molecule has 5 nitrogen and oxygen atoms in total. The van der Waals surface area contributed by atoms with Gasteiger partial charge in [0.1, 0.15) is 5.82 Å². The largest absolute Gasteiger partial charge is 0.377 e. The minimum Gasteiger partial charge on any atom is -0.377 e. The normalized spacial score (nSPS) is 12.9. The van der Waals surface area contributed by atoms with Crippen molar-refractivity contribution in [2.75, 3.05) is 6.61 Å². The third-order valence-corrected chi connectivity index (χ3v) is 2.87. The van der Waals surface area contributed by atoms with Crippen LogP contribution in [0.3, 0.4) is 0 Å². The Morgan fingerprint density at radius 3 is 2.85 bits per heavy atom. The summed E-state index contributed by atoms with van der Waals surface area (Å²) < 4.78 is 24.1. The molecule has 0 aliphatic rings. The first-order valence-corrected chi connectivity index (χ1v) is 6.52. The minimum atomic E-state index is -0.541. The number of rotatable bonds is 5. The highest BCUT2D eigenvalue weighted by Gasteiger charge is 2.20. The molecule has 0 saturated carbocycles.